The molecular formula is C13H12N2O4. The Bertz CT molecular complexity index is 514. The topological polar surface area (TPSA) is 99.4 Å². The zero-order chi connectivity index (χ0) is 14.1. The van der Waals surface area contributed by atoms with E-state index in [-0.39, 0.29) is 19.1 Å². The van der Waals surface area contributed by atoms with Gasteiger partial charge in [-0.15, -0.1) is 0 Å². The number of nitrogens with one attached hydrogen (secondary N) is 1. The lowest BCUT2D eigenvalue weighted by atomic mass is 10.2. The van der Waals surface area contributed by atoms with Gasteiger partial charge in [-0.25, -0.2) is 4.79 Å². The van der Waals surface area contributed by atoms with Crippen molar-refractivity contribution in [3.8, 4) is 11.8 Å². The zero-order valence-corrected chi connectivity index (χ0v) is 10.00. The number of ether oxygens (including phenoxy) is 1. The van der Waals surface area contributed by atoms with Gasteiger partial charge < -0.3 is 15.2 Å². The van der Waals surface area contributed by atoms with Crippen molar-refractivity contribution in [1.29, 1.82) is 5.26 Å². The van der Waals surface area contributed by atoms with E-state index in [4.69, 9.17) is 15.1 Å². The van der Waals surface area contributed by atoms with Crippen LogP contribution in [-0.2, 0) is 9.59 Å². The average Bonchev–Trinajstić information content (AvgIpc) is 2.41. The number of hydrogen-bond donors (Lipinski definition) is 2. The van der Waals surface area contributed by atoms with E-state index in [1.807, 2.05) is 0 Å². The molecule has 1 aromatic rings. The lowest BCUT2D eigenvalue weighted by Gasteiger charge is -2.05. The van der Waals surface area contributed by atoms with E-state index in [0.717, 1.165) is 6.08 Å². The van der Waals surface area contributed by atoms with Crippen molar-refractivity contribution >= 4 is 18.0 Å². The van der Waals surface area contributed by atoms with E-state index in [9.17, 15) is 9.59 Å². The molecule has 0 saturated heterocycles. The zero-order valence-electron chi connectivity index (χ0n) is 10.00. The van der Waals surface area contributed by atoms with Gasteiger partial charge in [-0.05, 0) is 23.8 Å². The Hall–Kier alpha value is -2.81. The third-order valence-corrected chi connectivity index (χ3v) is 2.03. The highest BCUT2D eigenvalue weighted by atomic mass is 16.5. The van der Waals surface area contributed by atoms with Gasteiger partial charge in [-0.3, -0.25) is 4.79 Å². The van der Waals surface area contributed by atoms with Crippen LogP contribution in [0.3, 0.4) is 0 Å². The van der Waals surface area contributed by atoms with Gasteiger partial charge in [-0.2, -0.15) is 5.26 Å². The Balaban J connectivity index is 2.46. The molecule has 0 aliphatic carbocycles. The fourth-order valence-corrected chi connectivity index (χ4v) is 1.18. The van der Waals surface area contributed by atoms with Gasteiger partial charge in [0.25, 0.3) is 5.91 Å². The Morgan fingerprint density at radius 1 is 1.37 bits per heavy atom. The third-order valence-electron chi connectivity index (χ3n) is 2.03. The van der Waals surface area contributed by atoms with E-state index in [1.54, 1.807) is 30.3 Å². The van der Waals surface area contributed by atoms with Crippen LogP contribution in [0.15, 0.2) is 30.3 Å². The quantitative estimate of drug-likeness (QED) is 0.582. The van der Waals surface area contributed by atoms with E-state index in [2.05, 4.69) is 5.32 Å². The molecule has 0 unspecified atom stereocenters. The minimum absolute atomic E-state index is 0.0545. The first-order valence-electron chi connectivity index (χ1n) is 5.39. The number of aliphatic carboxylic acids is 1. The summed E-state index contributed by atoms with van der Waals surface area (Å²) in [6.45, 7) is -0.229. The van der Waals surface area contributed by atoms with Crippen LogP contribution in [0.5, 0.6) is 5.75 Å². The fraction of sp³-hybridized carbons (Fsp3) is 0.154. The molecular weight excluding hydrogens is 248 g/mol. The van der Waals surface area contributed by atoms with Gasteiger partial charge in [-0.1, -0.05) is 12.1 Å². The molecule has 98 valence electrons. The number of benzene rings is 1. The van der Waals surface area contributed by atoms with Crippen molar-refractivity contribution in [2.24, 2.45) is 0 Å². The Labute approximate surface area is 109 Å². The van der Waals surface area contributed by atoms with Crippen LogP contribution in [0, 0.1) is 11.3 Å². The first-order valence-corrected chi connectivity index (χ1v) is 5.39. The van der Waals surface area contributed by atoms with Crippen molar-refractivity contribution in [3.63, 3.8) is 0 Å². The highest BCUT2D eigenvalue weighted by Gasteiger charge is 2.01. The number of nitriles is 1. The van der Waals surface area contributed by atoms with Crippen molar-refractivity contribution in [3.05, 3.63) is 35.9 Å². The number of hydrogen-bond acceptors (Lipinski definition) is 4. The summed E-state index contributed by atoms with van der Waals surface area (Å²) in [4.78, 5) is 21.5. The maximum absolute atomic E-state index is 11.2. The highest BCUT2D eigenvalue weighted by molar-refractivity contribution is 5.85. The van der Waals surface area contributed by atoms with E-state index in [0.29, 0.717) is 11.3 Å². The molecule has 0 bridgehead atoms. The number of rotatable bonds is 6. The van der Waals surface area contributed by atoms with Crippen LogP contribution < -0.4 is 10.1 Å². The molecule has 0 heterocycles. The summed E-state index contributed by atoms with van der Waals surface area (Å²) < 4.78 is 5.18. The molecule has 0 spiro atoms. The summed E-state index contributed by atoms with van der Waals surface area (Å²) in [5.74, 6) is -0.912. The van der Waals surface area contributed by atoms with Crippen molar-refractivity contribution in [2.45, 2.75) is 0 Å². The summed E-state index contributed by atoms with van der Waals surface area (Å²) >= 11 is 0. The molecule has 0 aliphatic heterocycles. The lowest BCUT2D eigenvalue weighted by Crippen LogP contribution is -2.28. The van der Waals surface area contributed by atoms with Crippen LogP contribution in [0.2, 0.25) is 0 Å². The molecule has 0 saturated carbocycles. The minimum atomic E-state index is -1.02. The average molecular weight is 260 g/mol. The van der Waals surface area contributed by atoms with Crippen LogP contribution in [0.1, 0.15) is 5.56 Å². The summed E-state index contributed by atoms with van der Waals surface area (Å²) in [5.41, 5.74) is 0.712. The van der Waals surface area contributed by atoms with Gasteiger partial charge in [0, 0.05) is 6.08 Å². The van der Waals surface area contributed by atoms with Gasteiger partial charge in [0.1, 0.15) is 12.3 Å². The third kappa shape index (κ3) is 5.89. The SMILES string of the molecule is N#CCNC(=O)COc1ccc(/C=C/C(=O)O)cc1. The maximum Gasteiger partial charge on any atom is 0.328 e. The van der Waals surface area contributed by atoms with Crippen LogP contribution in [0.25, 0.3) is 6.08 Å². The van der Waals surface area contributed by atoms with Crippen molar-refractivity contribution in [2.75, 3.05) is 13.2 Å². The number of carboxylic acid groups (broad SMARTS) is 1. The van der Waals surface area contributed by atoms with E-state index in [1.165, 1.54) is 6.08 Å². The molecule has 0 aliphatic rings. The summed E-state index contributed by atoms with van der Waals surface area (Å²) in [6.07, 6.45) is 2.48. The Morgan fingerprint density at radius 3 is 2.63 bits per heavy atom. The number of carbonyl (C=O) groups is 2. The molecule has 1 aromatic carbocycles. The first-order chi connectivity index (χ1) is 9.11. The molecule has 0 atom stereocenters. The molecule has 6 heteroatoms. The number of carboxylic acids is 1. The molecule has 2 N–H and O–H groups in total. The second-order valence-corrected chi connectivity index (χ2v) is 3.46. The Kier molecular flexibility index (Phi) is 5.63. The highest BCUT2D eigenvalue weighted by Crippen LogP contribution is 2.12. The molecule has 1 rings (SSSR count). The van der Waals surface area contributed by atoms with Crippen LogP contribution in [0.4, 0.5) is 0 Å². The lowest BCUT2D eigenvalue weighted by molar-refractivity contribution is -0.131. The van der Waals surface area contributed by atoms with Crippen LogP contribution in [-0.4, -0.2) is 30.1 Å². The fourth-order valence-electron chi connectivity index (χ4n) is 1.18. The van der Waals surface area contributed by atoms with Gasteiger partial charge in [0.15, 0.2) is 6.61 Å². The molecule has 0 radical (unpaired) electrons. The minimum Gasteiger partial charge on any atom is -0.484 e. The number of amides is 1. The van der Waals surface area contributed by atoms with Crippen LogP contribution >= 0.6 is 0 Å². The van der Waals surface area contributed by atoms with Crippen molar-refractivity contribution < 1.29 is 19.4 Å². The van der Waals surface area contributed by atoms with E-state index < -0.39 is 5.97 Å². The Morgan fingerprint density at radius 2 is 2.05 bits per heavy atom. The molecule has 0 fully saturated rings. The predicted octanol–water partition coefficient (Wildman–Crippen LogP) is 0.803. The predicted molar refractivity (Wildman–Crippen MR) is 67.2 cm³/mol. The maximum atomic E-state index is 11.2. The summed E-state index contributed by atoms with van der Waals surface area (Å²) in [5, 5.41) is 19.1. The van der Waals surface area contributed by atoms with Gasteiger partial charge >= 0.3 is 5.97 Å². The summed E-state index contributed by atoms with van der Waals surface area (Å²) in [7, 11) is 0. The molecule has 6 nitrogen and oxygen atoms in total. The van der Waals surface area contributed by atoms with Gasteiger partial charge in [0.2, 0.25) is 0 Å². The number of carbonyl (C=O) groups excluding carboxylic acids is 1. The second-order valence-electron chi connectivity index (χ2n) is 3.46. The van der Waals surface area contributed by atoms with E-state index >= 15 is 0 Å². The standard InChI is InChI=1S/C13H12N2O4/c14-7-8-15-12(16)9-19-11-4-1-10(2-5-11)3-6-13(17)18/h1-6H,8-9H2,(H,15,16)(H,17,18)/b6-3+. The normalized spacial score (nSPS) is 9.84. The smallest absolute Gasteiger partial charge is 0.328 e. The monoisotopic (exact) mass is 260 g/mol. The molecule has 0 aromatic heterocycles. The second kappa shape index (κ2) is 7.50. The first kappa shape index (κ1) is 14.3. The largest absolute Gasteiger partial charge is 0.484 e. The molecule has 1 amide bonds. The van der Waals surface area contributed by atoms with Gasteiger partial charge in [0.05, 0.1) is 6.07 Å². The summed E-state index contributed by atoms with van der Waals surface area (Å²) in [6, 6.07) is 8.37. The van der Waals surface area contributed by atoms with Crippen molar-refractivity contribution in [1.82, 2.24) is 5.32 Å². The number of nitrogens with zero attached hydrogens (tertiary/aromatic N) is 1. The molecule has 19 heavy (non-hydrogen) atoms.